The van der Waals surface area contributed by atoms with Gasteiger partial charge in [0.05, 0.1) is 6.10 Å². The molecule has 0 aliphatic heterocycles. The number of carboxylic acids is 1. The number of nitrogens with one attached hydrogen (secondary N) is 1. The zero-order valence-corrected chi connectivity index (χ0v) is 9.57. The number of rotatable bonds is 5. The molecular formula is C11H19NO4. The van der Waals surface area contributed by atoms with E-state index in [9.17, 15) is 9.59 Å². The van der Waals surface area contributed by atoms with Crippen LogP contribution < -0.4 is 5.32 Å². The summed E-state index contributed by atoms with van der Waals surface area (Å²) in [6.07, 6.45) is 4.73. The van der Waals surface area contributed by atoms with E-state index in [1.165, 1.54) is 0 Å². The highest BCUT2D eigenvalue weighted by molar-refractivity contribution is 5.81. The first-order chi connectivity index (χ1) is 7.61. The maximum atomic E-state index is 11.4. The lowest BCUT2D eigenvalue weighted by molar-refractivity contribution is -0.138. The van der Waals surface area contributed by atoms with E-state index in [1.54, 1.807) is 7.11 Å². The van der Waals surface area contributed by atoms with E-state index < -0.39 is 5.97 Å². The van der Waals surface area contributed by atoms with Crippen molar-refractivity contribution in [2.24, 2.45) is 5.92 Å². The van der Waals surface area contributed by atoms with Crippen molar-refractivity contribution in [3.8, 4) is 0 Å². The van der Waals surface area contributed by atoms with Crippen molar-refractivity contribution in [1.82, 2.24) is 5.32 Å². The second-order valence-electron chi connectivity index (χ2n) is 4.26. The lowest BCUT2D eigenvalue weighted by Gasteiger charge is -2.27. The van der Waals surface area contributed by atoms with Crippen LogP contribution in [0.2, 0.25) is 0 Å². The molecule has 0 radical (unpaired) electrons. The standard InChI is InChI=1S/C11H19NO4/c1-16-9-4-2-3-8(5-9)6-10(13)12-7-11(14)15/h8-9H,2-7H2,1H3,(H,12,13)(H,14,15). The number of carbonyl (C=O) groups is 2. The van der Waals surface area contributed by atoms with Crippen LogP contribution in [-0.4, -0.2) is 36.7 Å². The van der Waals surface area contributed by atoms with Gasteiger partial charge in [-0.2, -0.15) is 0 Å². The number of carboxylic acid groups (broad SMARTS) is 1. The Bertz CT molecular complexity index is 254. The van der Waals surface area contributed by atoms with Gasteiger partial charge in [0.25, 0.3) is 0 Å². The summed E-state index contributed by atoms with van der Waals surface area (Å²) in [7, 11) is 1.69. The van der Waals surface area contributed by atoms with Gasteiger partial charge >= 0.3 is 5.97 Å². The average molecular weight is 229 g/mol. The molecule has 1 aliphatic rings. The van der Waals surface area contributed by atoms with Crippen LogP contribution in [0.1, 0.15) is 32.1 Å². The van der Waals surface area contributed by atoms with E-state index in [4.69, 9.17) is 9.84 Å². The molecule has 1 rings (SSSR count). The molecule has 16 heavy (non-hydrogen) atoms. The molecule has 1 amide bonds. The number of hydrogen-bond acceptors (Lipinski definition) is 3. The summed E-state index contributed by atoms with van der Waals surface area (Å²) >= 11 is 0. The Morgan fingerprint density at radius 3 is 2.81 bits per heavy atom. The van der Waals surface area contributed by atoms with E-state index in [1.807, 2.05) is 0 Å². The third-order valence-corrected chi connectivity index (χ3v) is 2.98. The number of amides is 1. The molecule has 2 N–H and O–H groups in total. The zero-order valence-electron chi connectivity index (χ0n) is 9.57. The fourth-order valence-corrected chi connectivity index (χ4v) is 2.15. The van der Waals surface area contributed by atoms with Crippen LogP contribution in [0, 0.1) is 5.92 Å². The first-order valence-electron chi connectivity index (χ1n) is 5.63. The first-order valence-corrected chi connectivity index (χ1v) is 5.63. The molecular weight excluding hydrogens is 210 g/mol. The zero-order chi connectivity index (χ0) is 12.0. The smallest absolute Gasteiger partial charge is 0.322 e. The van der Waals surface area contributed by atoms with Crippen molar-refractivity contribution >= 4 is 11.9 Å². The van der Waals surface area contributed by atoms with Crippen molar-refractivity contribution < 1.29 is 19.4 Å². The van der Waals surface area contributed by atoms with Gasteiger partial charge in [-0.25, -0.2) is 0 Å². The minimum absolute atomic E-state index is 0.177. The van der Waals surface area contributed by atoms with Gasteiger partial charge in [-0.15, -0.1) is 0 Å². The Hall–Kier alpha value is -1.10. The quantitative estimate of drug-likeness (QED) is 0.730. The van der Waals surface area contributed by atoms with Crippen molar-refractivity contribution in [3.63, 3.8) is 0 Å². The van der Waals surface area contributed by atoms with Gasteiger partial charge in [-0.05, 0) is 25.2 Å². The highest BCUT2D eigenvalue weighted by Gasteiger charge is 2.23. The molecule has 0 aromatic heterocycles. The Balaban J connectivity index is 2.25. The SMILES string of the molecule is COC1CCCC(CC(=O)NCC(=O)O)C1. The van der Waals surface area contributed by atoms with Crippen molar-refractivity contribution in [2.45, 2.75) is 38.2 Å². The van der Waals surface area contributed by atoms with Gasteiger partial charge in [0.15, 0.2) is 0 Å². The largest absolute Gasteiger partial charge is 0.480 e. The minimum atomic E-state index is -1.01. The van der Waals surface area contributed by atoms with Gasteiger partial charge in [0, 0.05) is 13.5 Å². The monoisotopic (exact) mass is 229 g/mol. The third kappa shape index (κ3) is 4.61. The maximum absolute atomic E-state index is 11.4. The summed E-state index contributed by atoms with van der Waals surface area (Å²) < 4.78 is 5.28. The van der Waals surface area contributed by atoms with Crippen molar-refractivity contribution in [3.05, 3.63) is 0 Å². The molecule has 0 saturated heterocycles. The molecule has 1 fully saturated rings. The topological polar surface area (TPSA) is 75.6 Å². The molecule has 1 aliphatic carbocycles. The number of aliphatic carboxylic acids is 1. The van der Waals surface area contributed by atoms with Crippen LogP contribution in [0.25, 0.3) is 0 Å². The van der Waals surface area contributed by atoms with Gasteiger partial charge in [0.2, 0.25) is 5.91 Å². The molecule has 5 nitrogen and oxygen atoms in total. The van der Waals surface area contributed by atoms with Crippen molar-refractivity contribution in [1.29, 1.82) is 0 Å². The second-order valence-corrected chi connectivity index (χ2v) is 4.26. The van der Waals surface area contributed by atoms with Crippen LogP contribution in [0.5, 0.6) is 0 Å². The molecule has 92 valence electrons. The highest BCUT2D eigenvalue weighted by Crippen LogP contribution is 2.28. The fourth-order valence-electron chi connectivity index (χ4n) is 2.15. The molecule has 1 saturated carbocycles. The van der Waals surface area contributed by atoms with E-state index in [0.717, 1.165) is 25.7 Å². The summed E-state index contributed by atoms with van der Waals surface area (Å²) in [4.78, 5) is 21.7. The summed E-state index contributed by atoms with van der Waals surface area (Å²) in [6.45, 7) is -0.292. The molecule has 0 aromatic rings. The molecule has 0 bridgehead atoms. The minimum Gasteiger partial charge on any atom is -0.480 e. The average Bonchev–Trinajstić information content (AvgIpc) is 2.26. The maximum Gasteiger partial charge on any atom is 0.322 e. The summed E-state index contributed by atoms with van der Waals surface area (Å²) in [5.41, 5.74) is 0. The van der Waals surface area contributed by atoms with Crippen LogP contribution in [0.4, 0.5) is 0 Å². The number of hydrogen-bond donors (Lipinski definition) is 2. The lowest BCUT2D eigenvalue weighted by Crippen LogP contribution is -2.32. The Labute approximate surface area is 95.2 Å². The van der Waals surface area contributed by atoms with Crippen LogP contribution in [0.3, 0.4) is 0 Å². The second kappa shape index (κ2) is 6.48. The lowest BCUT2D eigenvalue weighted by atomic mass is 9.85. The van der Waals surface area contributed by atoms with Gasteiger partial charge in [-0.1, -0.05) is 6.42 Å². The fraction of sp³-hybridized carbons (Fsp3) is 0.818. The van der Waals surface area contributed by atoms with E-state index in [2.05, 4.69) is 5.32 Å². The molecule has 0 spiro atoms. The normalized spacial score (nSPS) is 25.1. The molecule has 2 atom stereocenters. The molecule has 5 heteroatoms. The predicted octanol–water partition coefficient (Wildman–Crippen LogP) is 0.782. The summed E-state index contributed by atoms with van der Waals surface area (Å²) in [5.74, 6) is -0.858. The van der Waals surface area contributed by atoms with Crippen LogP contribution >= 0.6 is 0 Å². The predicted molar refractivity (Wildman–Crippen MR) is 58.0 cm³/mol. The van der Waals surface area contributed by atoms with Gasteiger partial charge < -0.3 is 15.2 Å². The Morgan fingerprint density at radius 1 is 1.44 bits per heavy atom. The summed E-state index contributed by atoms with van der Waals surface area (Å²) in [6, 6.07) is 0. The number of methoxy groups -OCH3 is 1. The number of carbonyl (C=O) groups excluding carboxylic acids is 1. The Kier molecular flexibility index (Phi) is 5.25. The van der Waals surface area contributed by atoms with Gasteiger partial charge in [-0.3, -0.25) is 9.59 Å². The molecule has 2 unspecified atom stereocenters. The van der Waals surface area contributed by atoms with Crippen LogP contribution in [-0.2, 0) is 14.3 Å². The van der Waals surface area contributed by atoms with E-state index in [0.29, 0.717) is 12.3 Å². The Morgan fingerprint density at radius 2 is 2.19 bits per heavy atom. The third-order valence-electron chi connectivity index (χ3n) is 2.98. The van der Waals surface area contributed by atoms with E-state index in [-0.39, 0.29) is 18.6 Å². The summed E-state index contributed by atoms with van der Waals surface area (Å²) in [5, 5.41) is 10.8. The first kappa shape index (κ1) is 13.0. The molecule has 0 heterocycles. The molecule has 0 aromatic carbocycles. The van der Waals surface area contributed by atoms with Gasteiger partial charge in [0.1, 0.15) is 6.54 Å². The van der Waals surface area contributed by atoms with Crippen LogP contribution in [0.15, 0.2) is 0 Å². The number of ether oxygens (including phenoxy) is 1. The highest BCUT2D eigenvalue weighted by atomic mass is 16.5. The van der Waals surface area contributed by atoms with E-state index >= 15 is 0 Å². The van der Waals surface area contributed by atoms with Crippen molar-refractivity contribution in [2.75, 3.05) is 13.7 Å².